The van der Waals surface area contributed by atoms with Gasteiger partial charge in [-0.05, 0) is 46.5 Å². The fourth-order valence-corrected chi connectivity index (χ4v) is 7.58. The molecule has 2 aromatic rings. The van der Waals surface area contributed by atoms with Gasteiger partial charge in [0.2, 0.25) is 16.0 Å². The quantitative estimate of drug-likeness (QED) is 0.439. The molecular weight excluding hydrogens is 600 g/mol. The van der Waals surface area contributed by atoms with Crippen LogP contribution in [0.1, 0.15) is 52.5 Å². The molecule has 0 spiro atoms. The van der Waals surface area contributed by atoms with Crippen LogP contribution < -0.4 is 10.6 Å². The maximum atomic E-state index is 12.5. The number of carbonyl (C=O) groups is 1. The number of rotatable bonds is 8. The smallest absolute Gasteiger partial charge is 0.410 e. The molecule has 0 bridgehead atoms. The van der Waals surface area contributed by atoms with Crippen LogP contribution >= 0.6 is 11.6 Å². The van der Waals surface area contributed by atoms with Crippen LogP contribution in [0.2, 0.25) is 5.02 Å². The zero-order chi connectivity index (χ0) is 30.5. The molecule has 3 aliphatic heterocycles. The molecule has 2 unspecified atom stereocenters. The lowest BCUT2D eigenvalue weighted by Crippen LogP contribution is -2.48. The number of anilines is 3. The number of hydrogen-bond acceptors (Lipinski definition) is 11. The minimum Gasteiger partial charge on any atom is -0.444 e. The van der Waals surface area contributed by atoms with E-state index in [-0.39, 0.29) is 49.1 Å². The van der Waals surface area contributed by atoms with Gasteiger partial charge < -0.3 is 29.7 Å². The molecule has 16 heteroatoms. The number of fused-ring (bicyclic) bond motifs is 1. The van der Waals surface area contributed by atoms with Crippen LogP contribution in [0.25, 0.3) is 0 Å². The molecule has 1 amide bonds. The minimum absolute atomic E-state index is 0.0253. The molecule has 236 valence electrons. The Kier molecular flexibility index (Phi) is 8.21. The highest BCUT2D eigenvalue weighted by Crippen LogP contribution is 2.39. The predicted molar refractivity (Wildman–Crippen MR) is 159 cm³/mol. The number of carbonyl (C=O) groups excluding carboxylic acids is 1. The number of aromatic nitrogens is 4. The Morgan fingerprint density at radius 1 is 1.12 bits per heavy atom. The van der Waals surface area contributed by atoms with E-state index in [9.17, 15) is 13.2 Å². The number of amides is 1. The van der Waals surface area contributed by atoms with Crippen molar-refractivity contribution >= 4 is 45.2 Å². The van der Waals surface area contributed by atoms with Crippen LogP contribution in [-0.2, 0) is 24.2 Å². The molecule has 6 rings (SSSR count). The summed E-state index contributed by atoms with van der Waals surface area (Å²) in [5.41, 5.74) is 0.198. The van der Waals surface area contributed by atoms with Gasteiger partial charge in [-0.15, -0.1) is 0 Å². The van der Waals surface area contributed by atoms with Gasteiger partial charge in [-0.1, -0.05) is 11.6 Å². The monoisotopic (exact) mass is 638 g/mol. The fourth-order valence-electron chi connectivity index (χ4n) is 6.01. The number of piperidine rings is 1. The van der Waals surface area contributed by atoms with Crippen LogP contribution in [0, 0.1) is 0 Å². The van der Waals surface area contributed by atoms with Gasteiger partial charge in [0.25, 0.3) is 0 Å². The SMILES string of the molecule is CC(C)(C)OC(=O)N1CCC(n2cc(Nc3ncc(Cl)c(N[C@@H]4COC5C4OC[C@@H]5N(C4CC4)S(C)(=O)=O)n3)cn2)CC1. The first kappa shape index (κ1) is 30.3. The van der Waals surface area contributed by atoms with Crippen molar-refractivity contribution in [3.63, 3.8) is 0 Å². The number of likely N-dealkylation sites (tertiary alicyclic amines) is 1. The maximum Gasteiger partial charge on any atom is 0.410 e. The predicted octanol–water partition coefficient (Wildman–Crippen LogP) is 3.01. The van der Waals surface area contributed by atoms with E-state index >= 15 is 0 Å². The molecule has 43 heavy (non-hydrogen) atoms. The Labute approximate surface area is 256 Å². The van der Waals surface area contributed by atoms with Crippen molar-refractivity contribution in [2.75, 3.05) is 43.2 Å². The zero-order valence-electron chi connectivity index (χ0n) is 24.8. The molecule has 4 fully saturated rings. The number of halogens is 1. The van der Waals surface area contributed by atoms with Gasteiger partial charge in [-0.25, -0.2) is 18.2 Å². The van der Waals surface area contributed by atoms with Crippen LogP contribution in [0.4, 0.5) is 22.2 Å². The zero-order valence-corrected chi connectivity index (χ0v) is 26.3. The molecule has 1 aliphatic carbocycles. The van der Waals surface area contributed by atoms with Crippen molar-refractivity contribution in [2.45, 2.75) is 88.4 Å². The van der Waals surface area contributed by atoms with Gasteiger partial charge in [-0.2, -0.15) is 14.4 Å². The van der Waals surface area contributed by atoms with E-state index < -0.39 is 15.6 Å². The van der Waals surface area contributed by atoms with E-state index in [2.05, 4.69) is 25.7 Å². The summed E-state index contributed by atoms with van der Waals surface area (Å²) in [6.45, 7) is 7.40. The highest BCUT2D eigenvalue weighted by molar-refractivity contribution is 7.88. The first-order chi connectivity index (χ1) is 20.4. The van der Waals surface area contributed by atoms with Gasteiger partial charge >= 0.3 is 6.09 Å². The molecular formula is C27H39ClN8O6S. The van der Waals surface area contributed by atoms with Crippen molar-refractivity contribution in [2.24, 2.45) is 0 Å². The van der Waals surface area contributed by atoms with Gasteiger partial charge in [0.1, 0.15) is 22.8 Å². The Morgan fingerprint density at radius 3 is 2.51 bits per heavy atom. The number of nitrogens with zero attached hydrogens (tertiary/aromatic N) is 6. The molecule has 14 nitrogen and oxygen atoms in total. The van der Waals surface area contributed by atoms with Gasteiger partial charge in [0.15, 0.2) is 5.82 Å². The summed E-state index contributed by atoms with van der Waals surface area (Å²) in [7, 11) is -3.38. The molecule has 4 aliphatic rings. The molecule has 0 aromatic carbocycles. The van der Waals surface area contributed by atoms with Crippen molar-refractivity contribution in [1.29, 1.82) is 0 Å². The fraction of sp³-hybridized carbons (Fsp3) is 0.704. The topological polar surface area (TPSA) is 153 Å². The molecule has 2 N–H and O–H groups in total. The Balaban J connectivity index is 1.06. The van der Waals surface area contributed by atoms with Crippen molar-refractivity contribution in [1.82, 2.24) is 29.0 Å². The largest absolute Gasteiger partial charge is 0.444 e. The van der Waals surface area contributed by atoms with Gasteiger partial charge in [-0.3, -0.25) is 4.68 Å². The van der Waals surface area contributed by atoms with Gasteiger partial charge in [0, 0.05) is 25.3 Å². The lowest BCUT2D eigenvalue weighted by atomic mass is 10.1. The average molecular weight is 639 g/mol. The highest BCUT2D eigenvalue weighted by Gasteiger charge is 2.54. The number of ether oxygens (including phenoxy) is 3. The third-order valence-corrected chi connectivity index (χ3v) is 9.67. The molecule has 4 atom stereocenters. The van der Waals surface area contributed by atoms with E-state index in [1.807, 2.05) is 31.6 Å². The summed E-state index contributed by atoms with van der Waals surface area (Å²) >= 11 is 6.45. The van der Waals surface area contributed by atoms with E-state index in [1.54, 1.807) is 15.4 Å². The second kappa shape index (κ2) is 11.7. The summed E-state index contributed by atoms with van der Waals surface area (Å²) in [6, 6.07) is -0.428. The summed E-state index contributed by atoms with van der Waals surface area (Å²) in [5, 5.41) is 11.4. The van der Waals surface area contributed by atoms with Crippen molar-refractivity contribution in [3.05, 3.63) is 23.6 Å². The molecule has 2 aromatic heterocycles. The second-order valence-electron chi connectivity index (χ2n) is 12.7. The molecule has 1 saturated carbocycles. The van der Waals surface area contributed by atoms with Crippen LogP contribution in [0.5, 0.6) is 0 Å². The summed E-state index contributed by atoms with van der Waals surface area (Å²) in [5.74, 6) is 0.758. The van der Waals surface area contributed by atoms with Crippen molar-refractivity contribution < 1.29 is 27.4 Å². The lowest BCUT2D eigenvalue weighted by Gasteiger charge is -2.33. The molecule has 3 saturated heterocycles. The van der Waals surface area contributed by atoms with Gasteiger partial charge in [0.05, 0.1) is 55.7 Å². The maximum absolute atomic E-state index is 12.5. The Morgan fingerprint density at radius 2 is 1.84 bits per heavy atom. The second-order valence-corrected chi connectivity index (χ2v) is 15.0. The van der Waals surface area contributed by atoms with Crippen LogP contribution in [0.15, 0.2) is 18.6 Å². The summed E-state index contributed by atoms with van der Waals surface area (Å²) < 4.78 is 46.1. The summed E-state index contributed by atoms with van der Waals surface area (Å²) in [6.07, 6.45) is 8.63. The molecule has 5 heterocycles. The number of nitrogens with one attached hydrogen (secondary N) is 2. The Bertz CT molecular complexity index is 1440. The normalized spacial score (nSPS) is 26.5. The van der Waals surface area contributed by atoms with E-state index in [0.29, 0.717) is 36.5 Å². The van der Waals surface area contributed by atoms with Crippen LogP contribution in [0.3, 0.4) is 0 Å². The van der Waals surface area contributed by atoms with Crippen molar-refractivity contribution in [3.8, 4) is 0 Å². The average Bonchev–Trinajstić information content (AvgIpc) is 3.31. The summed E-state index contributed by atoms with van der Waals surface area (Å²) in [4.78, 5) is 23.0. The standard InChI is InChI=1S/C27H39ClN8O6S/c1-27(2,3)42-26(37)34-9-7-17(8-10-34)35-13-16(11-30-35)31-25-29-12-19(28)24(33-25)32-20-14-40-23-21(15-41-22(20)23)36(18-5-6-18)43(4,38)39/h11-13,17-18,20-23H,5-10,14-15H2,1-4H3,(H2,29,31,32,33)/t20-,21+,22?,23?/m1/s1. The molecule has 0 radical (unpaired) electrons. The number of hydrogen-bond donors (Lipinski definition) is 2. The van der Waals surface area contributed by atoms with E-state index in [0.717, 1.165) is 31.4 Å². The van der Waals surface area contributed by atoms with E-state index in [4.69, 9.17) is 25.8 Å². The highest BCUT2D eigenvalue weighted by atomic mass is 35.5. The van der Waals surface area contributed by atoms with Crippen LogP contribution in [-0.4, -0.2) is 112 Å². The number of sulfonamides is 1. The third kappa shape index (κ3) is 6.85. The lowest BCUT2D eigenvalue weighted by molar-refractivity contribution is 0.0184. The minimum atomic E-state index is -3.38. The van der Waals surface area contributed by atoms with E-state index in [1.165, 1.54) is 12.5 Å². The third-order valence-electron chi connectivity index (χ3n) is 8.06. The Hall–Kier alpha value is -2.72. The first-order valence-electron chi connectivity index (χ1n) is 14.7. The first-order valence-corrected chi connectivity index (χ1v) is 16.9.